The predicted octanol–water partition coefficient (Wildman–Crippen LogP) is 3.47. The lowest BCUT2D eigenvalue weighted by Gasteiger charge is -2.24. The summed E-state index contributed by atoms with van der Waals surface area (Å²) in [4.78, 5) is 18.1. The smallest absolute Gasteiger partial charge is 0.200 e. The Bertz CT molecular complexity index is 888. The van der Waals surface area contributed by atoms with Crippen LogP contribution < -0.4 is 10.5 Å². The van der Waals surface area contributed by atoms with Crippen molar-refractivity contribution in [3.05, 3.63) is 40.6 Å². The number of halogens is 4. The van der Waals surface area contributed by atoms with Crippen molar-refractivity contribution in [3.63, 3.8) is 0 Å². The van der Waals surface area contributed by atoms with E-state index in [1.807, 2.05) is 0 Å². The number of nitrogens with zero attached hydrogens (tertiary/aromatic N) is 3. The maximum absolute atomic E-state index is 14.5. The Morgan fingerprint density at radius 1 is 1.21 bits per heavy atom. The number of aromatic nitrogens is 2. The topological polar surface area (TPSA) is 83.4 Å². The van der Waals surface area contributed by atoms with E-state index in [1.165, 1.54) is 19.3 Å². The molecule has 0 amide bonds. The number of hydroxylamine groups is 2. The maximum Gasteiger partial charge on any atom is 0.200 e. The van der Waals surface area contributed by atoms with Crippen LogP contribution in [0.3, 0.4) is 0 Å². The first-order valence-electron chi connectivity index (χ1n) is 8.27. The first kappa shape index (κ1) is 20.3. The molecule has 2 aromatic rings. The number of amidine groups is 1. The van der Waals surface area contributed by atoms with E-state index in [4.69, 9.17) is 21.8 Å². The number of hydrogen-bond donors (Lipinski definition) is 2. The van der Waals surface area contributed by atoms with Gasteiger partial charge in [-0.3, -0.25) is 15.1 Å². The highest BCUT2D eigenvalue weighted by Crippen LogP contribution is 2.40. The lowest BCUT2D eigenvalue weighted by Crippen LogP contribution is -2.29. The van der Waals surface area contributed by atoms with E-state index in [0.29, 0.717) is 24.6 Å². The van der Waals surface area contributed by atoms with Gasteiger partial charge in [-0.1, -0.05) is 11.6 Å². The average molecular weight is 416 g/mol. The summed E-state index contributed by atoms with van der Waals surface area (Å²) >= 11 is 6.22. The van der Waals surface area contributed by atoms with E-state index >= 15 is 0 Å². The van der Waals surface area contributed by atoms with Crippen LogP contribution in [0.1, 0.15) is 18.7 Å². The highest BCUT2D eigenvalue weighted by Gasteiger charge is 2.31. The molecule has 0 radical (unpaired) electrons. The molecule has 150 valence electrons. The summed E-state index contributed by atoms with van der Waals surface area (Å²) in [5, 5.41) is 8.88. The summed E-state index contributed by atoms with van der Waals surface area (Å²) < 4.78 is 42.3. The number of benzene rings is 1. The largest absolute Gasteiger partial charge is 0.280 e. The van der Waals surface area contributed by atoms with Gasteiger partial charge in [0, 0.05) is 12.1 Å². The Balaban J connectivity index is 2.21. The summed E-state index contributed by atoms with van der Waals surface area (Å²) in [5.41, 5.74) is 1.47. The normalized spacial score (nSPS) is 13.5. The molecule has 28 heavy (non-hydrogen) atoms. The van der Waals surface area contributed by atoms with Crippen molar-refractivity contribution in [1.29, 1.82) is 5.41 Å². The molecule has 0 aliphatic heterocycles. The zero-order valence-corrected chi connectivity index (χ0v) is 15.8. The van der Waals surface area contributed by atoms with E-state index in [-0.39, 0.29) is 28.2 Å². The van der Waals surface area contributed by atoms with Gasteiger partial charge < -0.3 is 0 Å². The molecule has 11 heteroatoms. The molecule has 1 aromatic heterocycles. The average Bonchev–Trinajstić information content (AvgIpc) is 3.44. The molecule has 1 aliphatic carbocycles. The fourth-order valence-electron chi connectivity index (χ4n) is 2.64. The summed E-state index contributed by atoms with van der Waals surface area (Å²) in [6.07, 6.45) is 1.95. The molecule has 1 saturated carbocycles. The monoisotopic (exact) mass is 415 g/mol. The molecule has 0 saturated heterocycles. The van der Waals surface area contributed by atoms with Gasteiger partial charge in [-0.15, -0.1) is 0 Å². The van der Waals surface area contributed by atoms with Crippen LogP contribution in [0, 0.1) is 28.8 Å². The molecule has 1 aliphatic rings. The molecule has 3 rings (SSSR count). The second-order valence-electron chi connectivity index (χ2n) is 6.15. The Kier molecular flexibility index (Phi) is 6.01. The third-order valence-corrected chi connectivity index (χ3v) is 4.38. The van der Waals surface area contributed by atoms with Crippen LogP contribution >= 0.6 is 11.6 Å². The second-order valence-corrected chi connectivity index (χ2v) is 6.51. The van der Waals surface area contributed by atoms with Crippen molar-refractivity contribution in [3.8, 4) is 11.1 Å². The lowest BCUT2D eigenvalue weighted by atomic mass is 10.1. The minimum Gasteiger partial charge on any atom is -0.280 e. The standard InChI is InChI=1S/C17H17ClF3N5O2/c1-27-25-15(22)16-23-14(18)13(12-10(20)5-9(19)6-11(12)21)17(24-16)26(28-2)7-8-3-4-8/h5-6,8H,3-4,7H2,1-2H3,(H2,22,25). The summed E-state index contributed by atoms with van der Waals surface area (Å²) in [7, 11) is 2.67. The highest BCUT2D eigenvalue weighted by atomic mass is 35.5. The van der Waals surface area contributed by atoms with Gasteiger partial charge in [0.2, 0.25) is 0 Å². The zero-order valence-electron chi connectivity index (χ0n) is 15.0. The predicted molar refractivity (Wildman–Crippen MR) is 96.4 cm³/mol. The van der Waals surface area contributed by atoms with Crippen LogP contribution in [0.4, 0.5) is 19.0 Å². The first-order valence-corrected chi connectivity index (χ1v) is 8.65. The second kappa shape index (κ2) is 8.29. The molecular weight excluding hydrogens is 399 g/mol. The molecule has 1 heterocycles. The number of rotatable bonds is 7. The van der Waals surface area contributed by atoms with E-state index < -0.39 is 23.0 Å². The molecule has 1 fully saturated rings. The van der Waals surface area contributed by atoms with E-state index in [2.05, 4.69) is 20.3 Å². The summed E-state index contributed by atoms with van der Waals surface area (Å²) in [6, 6.07) is 1.08. The SMILES string of the molecule is CONC(=N)c1nc(Cl)c(-c2c(F)cc(F)cc2F)c(N(CC2CC2)OC)n1. The van der Waals surface area contributed by atoms with Crippen LogP contribution in [-0.2, 0) is 9.68 Å². The van der Waals surface area contributed by atoms with Crippen molar-refractivity contribution < 1.29 is 22.8 Å². The maximum atomic E-state index is 14.5. The molecular formula is C17H17ClF3N5O2. The molecule has 0 bridgehead atoms. The Labute approximate surface area is 163 Å². The fourth-order valence-corrected chi connectivity index (χ4v) is 2.90. The van der Waals surface area contributed by atoms with Crippen LogP contribution in [0.2, 0.25) is 5.15 Å². The first-order chi connectivity index (χ1) is 13.3. The van der Waals surface area contributed by atoms with Crippen LogP contribution in [0.25, 0.3) is 11.1 Å². The molecule has 7 nitrogen and oxygen atoms in total. The Hall–Kier alpha value is -2.43. The Morgan fingerprint density at radius 3 is 2.39 bits per heavy atom. The molecule has 1 aromatic carbocycles. The summed E-state index contributed by atoms with van der Waals surface area (Å²) in [6.45, 7) is 0.395. The van der Waals surface area contributed by atoms with Crippen LogP contribution in [0.5, 0.6) is 0 Å². The highest BCUT2D eigenvalue weighted by molar-refractivity contribution is 6.33. The third kappa shape index (κ3) is 4.18. The summed E-state index contributed by atoms with van der Waals surface area (Å²) in [5.74, 6) is -3.61. The fraction of sp³-hybridized carbons (Fsp3) is 0.353. The van der Waals surface area contributed by atoms with Gasteiger partial charge >= 0.3 is 0 Å². The number of anilines is 1. The number of hydrogen-bond acceptors (Lipinski definition) is 6. The quantitative estimate of drug-likeness (QED) is 0.312. The van der Waals surface area contributed by atoms with Gasteiger partial charge in [0.1, 0.15) is 22.6 Å². The van der Waals surface area contributed by atoms with Crippen LogP contribution in [-0.4, -0.2) is 36.6 Å². The minimum atomic E-state index is -1.16. The Morgan fingerprint density at radius 2 is 1.86 bits per heavy atom. The van der Waals surface area contributed by atoms with Crippen LogP contribution in [0.15, 0.2) is 12.1 Å². The van der Waals surface area contributed by atoms with Crippen molar-refractivity contribution in [2.45, 2.75) is 12.8 Å². The zero-order chi connectivity index (χ0) is 20.4. The van der Waals surface area contributed by atoms with E-state index in [1.54, 1.807) is 0 Å². The van der Waals surface area contributed by atoms with E-state index in [9.17, 15) is 13.2 Å². The van der Waals surface area contributed by atoms with Crippen molar-refractivity contribution in [2.24, 2.45) is 5.92 Å². The van der Waals surface area contributed by atoms with Crippen molar-refractivity contribution in [2.75, 3.05) is 25.8 Å². The minimum absolute atomic E-state index is 0.0449. The van der Waals surface area contributed by atoms with Crippen molar-refractivity contribution >= 4 is 23.3 Å². The van der Waals surface area contributed by atoms with Gasteiger partial charge in [-0.2, -0.15) is 0 Å². The van der Waals surface area contributed by atoms with Gasteiger partial charge in [-0.05, 0) is 18.8 Å². The molecule has 0 atom stereocenters. The lowest BCUT2D eigenvalue weighted by molar-refractivity contribution is 0.143. The molecule has 2 N–H and O–H groups in total. The van der Waals surface area contributed by atoms with Gasteiger partial charge in [0.05, 0.1) is 31.9 Å². The molecule has 0 unspecified atom stereocenters. The van der Waals surface area contributed by atoms with Gasteiger partial charge in [-0.25, -0.2) is 33.7 Å². The van der Waals surface area contributed by atoms with Gasteiger partial charge in [0.15, 0.2) is 17.5 Å². The number of nitrogens with one attached hydrogen (secondary N) is 2. The third-order valence-electron chi connectivity index (χ3n) is 4.11. The van der Waals surface area contributed by atoms with Gasteiger partial charge in [0.25, 0.3) is 0 Å². The molecule has 0 spiro atoms. The van der Waals surface area contributed by atoms with E-state index in [0.717, 1.165) is 12.8 Å². The van der Waals surface area contributed by atoms with Crippen molar-refractivity contribution in [1.82, 2.24) is 15.4 Å².